The molecule has 0 radical (unpaired) electrons. The summed E-state index contributed by atoms with van der Waals surface area (Å²) < 4.78 is 31.4. The summed E-state index contributed by atoms with van der Waals surface area (Å²) in [6, 6.07) is 4.26. The second kappa shape index (κ2) is 4.96. The number of rotatable bonds is 4. The lowest BCUT2D eigenvalue weighted by atomic mass is 10.2. The zero-order valence-corrected chi connectivity index (χ0v) is 11.1. The number of nitrogens with zero attached hydrogens (tertiary/aromatic N) is 1. The van der Waals surface area contributed by atoms with Gasteiger partial charge in [0.15, 0.2) is 0 Å². The van der Waals surface area contributed by atoms with Crippen molar-refractivity contribution in [3.63, 3.8) is 0 Å². The number of carbonyl (C=O) groups is 1. The maximum atomic E-state index is 11.7. The first-order chi connectivity index (χ1) is 8.94. The number of carbonyl (C=O) groups excluding carboxylic acids is 1. The minimum atomic E-state index is -3.93. The molecule has 0 spiro atoms. The maximum absolute atomic E-state index is 11.7. The predicted molar refractivity (Wildman–Crippen MR) is 68.3 cm³/mol. The molecule has 8 heteroatoms. The highest BCUT2D eigenvalue weighted by atomic mass is 32.2. The summed E-state index contributed by atoms with van der Waals surface area (Å²) in [6.45, 7) is 2.07. The van der Waals surface area contributed by atoms with Gasteiger partial charge in [0.2, 0.25) is 0 Å². The summed E-state index contributed by atoms with van der Waals surface area (Å²) in [5.41, 5.74) is 0.0203. The third-order valence-electron chi connectivity index (χ3n) is 2.51. The molecule has 1 heterocycles. The molecule has 1 fully saturated rings. The molecule has 1 aliphatic rings. The van der Waals surface area contributed by atoms with E-state index in [9.17, 15) is 18.3 Å². The van der Waals surface area contributed by atoms with E-state index in [0.29, 0.717) is 12.4 Å². The van der Waals surface area contributed by atoms with Gasteiger partial charge in [0.1, 0.15) is 18.0 Å². The molecule has 0 bridgehead atoms. The molecular formula is C11H14N2O5S. The third kappa shape index (κ3) is 2.73. The van der Waals surface area contributed by atoms with Crippen LogP contribution in [0.4, 0.5) is 5.69 Å². The first-order valence-electron chi connectivity index (χ1n) is 5.73. The van der Waals surface area contributed by atoms with E-state index in [2.05, 4.69) is 0 Å². The van der Waals surface area contributed by atoms with E-state index < -0.39 is 16.1 Å². The fourth-order valence-electron chi connectivity index (χ4n) is 1.67. The van der Waals surface area contributed by atoms with Crippen LogP contribution in [0.1, 0.15) is 13.3 Å². The summed E-state index contributed by atoms with van der Waals surface area (Å²) >= 11 is 0. The normalized spacial score (nSPS) is 17.3. The van der Waals surface area contributed by atoms with Gasteiger partial charge in [0.25, 0.3) is 5.91 Å². The molecule has 0 aromatic heterocycles. The molecule has 0 atom stereocenters. The average molecular weight is 286 g/mol. The Kier molecular flexibility index (Phi) is 3.52. The van der Waals surface area contributed by atoms with E-state index >= 15 is 0 Å². The van der Waals surface area contributed by atoms with Crippen molar-refractivity contribution in [3.05, 3.63) is 18.2 Å². The fraction of sp³-hybridized carbons (Fsp3) is 0.364. The molecule has 1 aromatic rings. The smallest absolute Gasteiger partial charge is 0.326 e. The van der Waals surface area contributed by atoms with Gasteiger partial charge in [-0.2, -0.15) is 8.42 Å². The van der Waals surface area contributed by atoms with Crippen molar-refractivity contribution >= 4 is 21.8 Å². The van der Waals surface area contributed by atoms with E-state index in [1.807, 2.05) is 11.6 Å². The Labute approximate surface area is 111 Å². The van der Waals surface area contributed by atoms with E-state index in [0.717, 1.165) is 10.7 Å². The van der Waals surface area contributed by atoms with Crippen LogP contribution in [0.25, 0.3) is 0 Å². The van der Waals surface area contributed by atoms with Crippen molar-refractivity contribution in [1.82, 2.24) is 4.72 Å². The van der Waals surface area contributed by atoms with Gasteiger partial charge in [0, 0.05) is 6.07 Å². The van der Waals surface area contributed by atoms with Gasteiger partial charge in [-0.05, 0) is 18.6 Å². The number of nitrogens with one attached hydrogen (secondary N) is 1. The Balaban J connectivity index is 2.36. The van der Waals surface area contributed by atoms with E-state index in [1.165, 1.54) is 18.2 Å². The number of anilines is 1. The standard InChI is InChI=1S/C11H14N2O5S/c1-2-5-18-8-3-4-10(14)9(6-8)13-7-11(15)12-19(13,16)17/h3-4,6,14H,2,5,7H2,1H3,(H,12,15). The molecule has 0 saturated carbocycles. The number of ether oxygens (including phenoxy) is 1. The fourth-order valence-corrected chi connectivity index (χ4v) is 2.83. The minimum absolute atomic E-state index is 0.0203. The van der Waals surface area contributed by atoms with Crippen LogP contribution >= 0.6 is 0 Å². The van der Waals surface area contributed by atoms with Gasteiger partial charge in [-0.3, -0.25) is 4.79 Å². The number of aromatic hydroxyl groups is 1. The van der Waals surface area contributed by atoms with Gasteiger partial charge >= 0.3 is 10.2 Å². The Morgan fingerprint density at radius 1 is 1.47 bits per heavy atom. The summed E-state index contributed by atoms with van der Waals surface area (Å²) in [5.74, 6) is -0.438. The molecule has 19 heavy (non-hydrogen) atoms. The van der Waals surface area contributed by atoms with E-state index in [4.69, 9.17) is 4.74 Å². The highest BCUT2D eigenvalue weighted by Gasteiger charge is 2.35. The van der Waals surface area contributed by atoms with Crippen LogP contribution in [-0.4, -0.2) is 32.6 Å². The SMILES string of the molecule is CCCOc1ccc(O)c(N2CC(=O)NS2(=O)=O)c1. The summed E-state index contributed by atoms with van der Waals surface area (Å²) in [5, 5.41) is 9.74. The first-order valence-corrected chi connectivity index (χ1v) is 7.17. The molecule has 2 rings (SSSR count). The molecule has 0 unspecified atom stereocenters. The zero-order valence-electron chi connectivity index (χ0n) is 10.3. The molecule has 0 aliphatic carbocycles. The van der Waals surface area contributed by atoms with Crippen LogP contribution in [0.2, 0.25) is 0 Å². The molecule has 104 valence electrons. The third-order valence-corrected chi connectivity index (χ3v) is 3.90. The van der Waals surface area contributed by atoms with Gasteiger partial charge in [-0.15, -0.1) is 0 Å². The van der Waals surface area contributed by atoms with Crippen molar-refractivity contribution in [2.45, 2.75) is 13.3 Å². The van der Waals surface area contributed by atoms with Crippen molar-refractivity contribution in [1.29, 1.82) is 0 Å². The van der Waals surface area contributed by atoms with Gasteiger partial charge in [-0.1, -0.05) is 6.92 Å². The van der Waals surface area contributed by atoms with Crippen molar-refractivity contribution < 1.29 is 23.1 Å². The minimum Gasteiger partial charge on any atom is -0.506 e. The summed E-state index contributed by atoms with van der Waals surface area (Å²) in [6.07, 6.45) is 0.804. The Morgan fingerprint density at radius 3 is 2.79 bits per heavy atom. The lowest BCUT2D eigenvalue weighted by Crippen LogP contribution is -2.29. The van der Waals surface area contributed by atoms with Crippen LogP contribution in [0, 0.1) is 0 Å². The van der Waals surface area contributed by atoms with Gasteiger partial charge < -0.3 is 9.84 Å². The summed E-state index contributed by atoms with van der Waals surface area (Å²) in [4.78, 5) is 11.2. The molecule has 1 aliphatic heterocycles. The largest absolute Gasteiger partial charge is 0.506 e. The number of phenolic OH excluding ortho intramolecular Hbond substituents is 1. The number of amides is 1. The molecule has 1 amide bonds. The Bertz CT molecular complexity index is 599. The predicted octanol–water partition coefficient (Wildman–Crippen LogP) is 0.362. The number of phenols is 1. The Hall–Kier alpha value is -1.96. The summed E-state index contributed by atoms with van der Waals surface area (Å²) in [7, 11) is -3.93. The van der Waals surface area contributed by atoms with Crippen molar-refractivity contribution in [3.8, 4) is 11.5 Å². The monoisotopic (exact) mass is 286 g/mol. The molecule has 2 N–H and O–H groups in total. The van der Waals surface area contributed by atoms with Gasteiger partial charge in [-0.25, -0.2) is 9.03 Å². The topological polar surface area (TPSA) is 95.9 Å². The number of hydrogen-bond donors (Lipinski definition) is 2. The van der Waals surface area contributed by atoms with Crippen LogP contribution in [0.3, 0.4) is 0 Å². The average Bonchev–Trinajstić information content (AvgIpc) is 2.61. The van der Waals surface area contributed by atoms with Crippen molar-refractivity contribution in [2.75, 3.05) is 17.5 Å². The quantitative estimate of drug-likeness (QED) is 0.833. The number of benzene rings is 1. The lowest BCUT2D eigenvalue weighted by Gasteiger charge is -2.17. The molecule has 1 saturated heterocycles. The lowest BCUT2D eigenvalue weighted by molar-refractivity contribution is -0.117. The highest BCUT2D eigenvalue weighted by Crippen LogP contribution is 2.33. The van der Waals surface area contributed by atoms with Crippen LogP contribution in [0.15, 0.2) is 18.2 Å². The highest BCUT2D eigenvalue weighted by molar-refractivity contribution is 7.92. The van der Waals surface area contributed by atoms with Crippen LogP contribution in [-0.2, 0) is 15.0 Å². The van der Waals surface area contributed by atoms with Crippen LogP contribution in [0.5, 0.6) is 11.5 Å². The van der Waals surface area contributed by atoms with Crippen molar-refractivity contribution in [2.24, 2.45) is 0 Å². The molecule has 7 nitrogen and oxygen atoms in total. The Morgan fingerprint density at radius 2 is 2.21 bits per heavy atom. The number of hydrogen-bond acceptors (Lipinski definition) is 5. The van der Waals surface area contributed by atoms with Crippen LogP contribution < -0.4 is 13.8 Å². The zero-order chi connectivity index (χ0) is 14.0. The second-order valence-corrected chi connectivity index (χ2v) is 5.63. The first kappa shape index (κ1) is 13.5. The second-order valence-electron chi connectivity index (χ2n) is 4.04. The maximum Gasteiger partial charge on any atom is 0.326 e. The van der Waals surface area contributed by atoms with E-state index in [1.54, 1.807) is 0 Å². The van der Waals surface area contributed by atoms with Gasteiger partial charge in [0.05, 0.1) is 12.3 Å². The molecular weight excluding hydrogens is 272 g/mol. The molecule has 1 aromatic carbocycles. The van der Waals surface area contributed by atoms with E-state index in [-0.39, 0.29) is 18.0 Å².